The zero-order valence-corrected chi connectivity index (χ0v) is 20.1. The van der Waals surface area contributed by atoms with Crippen LogP contribution in [0.25, 0.3) is 11.0 Å². The van der Waals surface area contributed by atoms with Crippen LogP contribution in [0.5, 0.6) is 5.75 Å². The van der Waals surface area contributed by atoms with Crippen LogP contribution in [-0.2, 0) is 17.8 Å². The highest BCUT2D eigenvalue weighted by Gasteiger charge is 2.12. The third-order valence-electron chi connectivity index (χ3n) is 5.43. The van der Waals surface area contributed by atoms with E-state index in [1.807, 2.05) is 68.4 Å². The highest BCUT2D eigenvalue weighted by atomic mass is 35.5. The smallest absolute Gasteiger partial charge is 0.257 e. The number of aryl methyl sites for hydroxylation is 2. The number of fused-ring (bicyclic) bond motifs is 1. The normalized spacial score (nSPS) is 11.0. The van der Waals surface area contributed by atoms with Gasteiger partial charge in [0.2, 0.25) is 0 Å². The summed E-state index contributed by atoms with van der Waals surface area (Å²) in [6.45, 7) is 5.00. The SMILES string of the molecule is Cc1ccc(C)c(OCC(=O)NCCc2nc3ccccc3n2Cc2ccc(Cl)c(Cl)c2)c1. The first-order valence-electron chi connectivity index (χ1n) is 10.8. The highest BCUT2D eigenvalue weighted by Crippen LogP contribution is 2.25. The third kappa shape index (κ3) is 5.67. The number of nitrogens with one attached hydrogen (secondary N) is 1. The molecule has 33 heavy (non-hydrogen) atoms. The van der Waals surface area contributed by atoms with Crippen LogP contribution in [0, 0.1) is 13.8 Å². The van der Waals surface area contributed by atoms with Gasteiger partial charge >= 0.3 is 0 Å². The molecule has 1 N–H and O–H groups in total. The summed E-state index contributed by atoms with van der Waals surface area (Å²) in [7, 11) is 0. The van der Waals surface area contributed by atoms with Crippen molar-refractivity contribution in [2.24, 2.45) is 0 Å². The molecule has 1 heterocycles. The molecule has 0 fully saturated rings. The van der Waals surface area contributed by atoms with Crippen LogP contribution in [0.1, 0.15) is 22.5 Å². The molecule has 1 amide bonds. The van der Waals surface area contributed by atoms with Crippen molar-refractivity contribution < 1.29 is 9.53 Å². The van der Waals surface area contributed by atoms with E-state index in [4.69, 9.17) is 32.9 Å². The van der Waals surface area contributed by atoms with Gasteiger partial charge < -0.3 is 14.6 Å². The lowest BCUT2D eigenvalue weighted by Gasteiger charge is -2.12. The van der Waals surface area contributed by atoms with E-state index >= 15 is 0 Å². The zero-order valence-electron chi connectivity index (χ0n) is 18.6. The second-order valence-electron chi connectivity index (χ2n) is 8.01. The van der Waals surface area contributed by atoms with Crippen LogP contribution in [0.15, 0.2) is 60.7 Å². The highest BCUT2D eigenvalue weighted by molar-refractivity contribution is 6.42. The number of para-hydroxylation sites is 2. The molecule has 4 rings (SSSR count). The monoisotopic (exact) mass is 481 g/mol. The summed E-state index contributed by atoms with van der Waals surface area (Å²) in [6.07, 6.45) is 0.589. The van der Waals surface area contributed by atoms with Gasteiger partial charge in [-0.15, -0.1) is 0 Å². The van der Waals surface area contributed by atoms with Crippen molar-refractivity contribution in [2.45, 2.75) is 26.8 Å². The van der Waals surface area contributed by atoms with E-state index in [1.165, 1.54) is 0 Å². The second kappa shape index (κ2) is 10.3. The third-order valence-corrected chi connectivity index (χ3v) is 6.17. The number of benzene rings is 3. The quantitative estimate of drug-likeness (QED) is 0.348. The molecule has 1 aromatic heterocycles. The molecule has 0 saturated heterocycles. The summed E-state index contributed by atoms with van der Waals surface area (Å²) in [5, 5.41) is 3.99. The molecule has 0 radical (unpaired) electrons. The first-order chi connectivity index (χ1) is 15.9. The molecule has 0 atom stereocenters. The summed E-state index contributed by atoms with van der Waals surface area (Å²) < 4.78 is 7.84. The Balaban J connectivity index is 1.41. The van der Waals surface area contributed by atoms with Crippen molar-refractivity contribution in [1.82, 2.24) is 14.9 Å². The number of rotatable bonds is 8. The van der Waals surface area contributed by atoms with Crippen molar-refractivity contribution in [3.63, 3.8) is 0 Å². The Labute approximate surface area is 203 Å². The maximum absolute atomic E-state index is 12.3. The van der Waals surface area contributed by atoms with Crippen LogP contribution in [-0.4, -0.2) is 28.6 Å². The van der Waals surface area contributed by atoms with Crippen LogP contribution >= 0.6 is 23.2 Å². The van der Waals surface area contributed by atoms with E-state index in [2.05, 4.69) is 9.88 Å². The summed E-state index contributed by atoms with van der Waals surface area (Å²) in [5.74, 6) is 1.45. The van der Waals surface area contributed by atoms with Crippen molar-refractivity contribution in [3.8, 4) is 5.75 Å². The van der Waals surface area contributed by atoms with Gasteiger partial charge in [-0.05, 0) is 60.9 Å². The number of hydrogen-bond acceptors (Lipinski definition) is 3. The van der Waals surface area contributed by atoms with Crippen LogP contribution in [0.3, 0.4) is 0 Å². The first-order valence-corrected chi connectivity index (χ1v) is 11.5. The van der Waals surface area contributed by atoms with E-state index in [-0.39, 0.29) is 12.5 Å². The number of carbonyl (C=O) groups is 1. The molecule has 0 aliphatic rings. The lowest BCUT2D eigenvalue weighted by atomic mass is 10.1. The number of nitrogens with zero attached hydrogens (tertiary/aromatic N) is 2. The standard InChI is InChI=1S/C26H25Cl2N3O2/c1-17-7-8-18(2)24(13-17)33-16-26(32)29-12-11-25-30-22-5-3-4-6-23(22)31(25)15-19-9-10-20(27)21(28)14-19/h3-10,13-14H,11-12,15-16H2,1-2H3,(H,29,32). The van der Waals surface area contributed by atoms with E-state index in [0.717, 1.165) is 39.3 Å². The van der Waals surface area contributed by atoms with Crippen molar-refractivity contribution in [1.29, 1.82) is 0 Å². The van der Waals surface area contributed by atoms with Gasteiger partial charge in [-0.3, -0.25) is 4.79 Å². The Kier molecular flexibility index (Phi) is 7.21. The van der Waals surface area contributed by atoms with Crippen molar-refractivity contribution in [3.05, 3.63) is 93.2 Å². The Morgan fingerprint density at radius 3 is 2.67 bits per heavy atom. The minimum Gasteiger partial charge on any atom is -0.483 e. The van der Waals surface area contributed by atoms with Gasteiger partial charge in [0.15, 0.2) is 6.61 Å². The molecule has 0 aliphatic carbocycles. The molecule has 0 unspecified atom stereocenters. The van der Waals surface area contributed by atoms with Gasteiger partial charge in [0, 0.05) is 19.5 Å². The van der Waals surface area contributed by atoms with Crippen LogP contribution < -0.4 is 10.1 Å². The van der Waals surface area contributed by atoms with Gasteiger partial charge in [-0.25, -0.2) is 4.98 Å². The Morgan fingerprint density at radius 2 is 1.85 bits per heavy atom. The van der Waals surface area contributed by atoms with Crippen LogP contribution in [0.4, 0.5) is 0 Å². The largest absolute Gasteiger partial charge is 0.483 e. The maximum atomic E-state index is 12.3. The van der Waals surface area contributed by atoms with E-state index in [9.17, 15) is 4.79 Å². The van der Waals surface area contributed by atoms with Gasteiger partial charge in [-0.1, -0.05) is 53.5 Å². The molecule has 0 aliphatic heterocycles. The fraction of sp³-hybridized carbons (Fsp3) is 0.231. The van der Waals surface area contributed by atoms with Crippen molar-refractivity contribution >= 4 is 40.1 Å². The number of carbonyl (C=O) groups excluding carboxylic acids is 1. The molecule has 4 aromatic rings. The van der Waals surface area contributed by atoms with Gasteiger partial charge in [0.25, 0.3) is 5.91 Å². The molecule has 7 heteroatoms. The minimum absolute atomic E-state index is 0.0238. The molecule has 5 nitrogen and oxygen atoms in total. The van der Waals surface area contributed by atoms with E-state index in [0.29, 0.717) is 29.6 Å². The topological polar surface area (TPSA) is 56.1 Å². The van der Waals surface area contributed by atoms with E-state index < -0.39 is 0 Å². The van der Waals surface area contributed by atoms with Crippen LogP contribution in [0.2, 0.25) is 10.0 Å². The first kappa shape index (κ1) is 23.1. The fourth-order valence-electron chi connectivity index (χ4n) is 3.68. The number of ether oxygens (including phenoxy) is 1. The predicted molar refractivity (Wildman–Crippen MR) is 133 cm³/mol. The lowest BCUT2D eigenvalue weighted by Crippen LogP contribution is -2.31. The molecule has 0 spiro atoms. The summed E-state index contributed by atoms with van der Waals surface area (Å²) in [4.78, 5) is 17.1. The number of hydrogen-bond donors (Lipinski definition) is 1. The molecule has 0 bridgehead atoms. The Hall–Kier alpha value is -3.02. The van der Waals surface area contributed by atoms with Gasteiger partial charge in [-0.2, -0.15) is 0 Å². The maximum Gasteiger partial charge on any atom is 0.257 e. The number of halogens is 2. The average molecular weight is 482 g/mol. The molecule has 0 saturated carbocycles. The zero-order chi connectivity index (χ0) is 23.4. The Morgan fingerprint density at radius 1 is 1.03 bits per heavy atom. The summed E-state index contributed by atoms with van der Waals surface area (Å²) in [5.41, 5.74) is 5.07. The summed E-state index contributed by atoms with van der Waals surface area (Å²) >= 11 is 12.3. The number of amides is 1. The molecular weight excluding hydrogens is 457 g/mol. The fourth-order valence-corrected chi connectivity index (χ4v) is 4.00. The minimum atomic E-state index is -0.164. The molecule has 170 valence electrons. The lowest BCUT2D eigenvalue weighted by molar-refractivity contribution is -0.123. The van der Waals surface area contributed by atoms with E-state index in [1.54, 1.807) is 6.07 Å². The molecular formula is C26H25Cl2N3O2. The predicted octanol–water partition coefficient (Wildman–Crippen LogP) is 5.75. The number of imidazole rings is 1. The Bertz CT molecular complexity index is 1300. The van der Waals surface area contributed by atoms with Gasteiger partial charge in [0.1, 0.15) is 11.6 Å². The average Bonchev–Trinajstić information content (AvgIpc) is 3.14. The second-order valence-corrected chi connectivity index (χ2v) is 8.82. The van der Waals surface area contributed by atoms with Gasteiger partial charge in [0.05, 0.1) is 21.1 Å². The molecule has 3 aromatic carbocycles. The number of aromatic nitrogens is 2. The van der Waals surface area contributed by atoms with Crippen molar-refractivity contribution in [2.75, 3.05) is 13.2 Å². The summed E-state index contributed by atoms with van der Waals surface area (Å²) in [6, 6.07) is 19.6.